The van der Waals surface area contributed by atoms with Gasteiger partial charge in [0.2, 0.25) is 0 Å². The van der Waals surface area contributed by atoms with Gasteiger partial charge in [-0.1, -0.05) is 36.7 Å². The zero-order valence-electron chi connectivity index (χ0n) is 11.9. The Labute approximate surface area is 129 Å². The molecular formula is C17H16ClN3. The summed E-state index contributed by atoms with van der Waals surface area (Å²) in [5.41, 5.74) is 3.16. The van der Waals surface area contributed by atoms with Gasteiger partial charge >= 0.3 is 0 Å². The Morgan fingerprint density at radius 2 is 1.95 bits per heavy atom. The van der Waals surface area contributed by atoms with Crippen LogP contribution >= 0.6 is 11.6 Å². The highest BCUT2D eigenvalue weighted by molar-refractivity contribution is 6.29. The molecule has 3 aromatic rings. The van der Waals surface area contributed by atoms with Crippen molar-refractivity contribution in [1.29, 1.82) is 0 Å². The van der Waals surface area contributed by atoms with Gasteiger partial charge in [-0.3, -0.25) is 4.98 Å². The molecule has 0 aliphatic carbocycles. The molecule has 0 radical (unpaired) electrons. The highest BCUT2D eigenvalue weighted by Crippen LogP contribution is 2.20. The van der Waals surface area contributed by atoms with Crippen LogP contribution in [0.25, 0.3) is 10.9 Å². The summed E-state index contributed by atoms with van der Waals surface area (Å²) in [7, 11) is 0. The van der Waals surface area contributed by atoms with Crippen molar-refractivity contribution < 1.29 is 0 Å². The molecule has 0 saturated heterocycles. The zero-order valence-corrected chi connectivity index (χ0v) is 12.6. The van der Waals surface area contributed by atoms with Crippen molar-refractivity contribution in [3.05, 3.63) is 64.8 Å². The molecule has 4 heteroatoms. The van der Waals surface area contributed by atoms with Crippen LogP contribution in [0.15, 0.2) is 42.6 Å². The second-order valence-corrected chi connectivity index (χ2v) is 5.40. The molecule has 0 fully saturated rings. The predicted molar refractivity (Wildman–Crippen MR) is 85.6 cm³/mol. The van der Waals surface area contributed by atoms with Crippen LogP contribution in [0.1, 0.15) is 30.4 Å². The number of aryl methyl sites for hydroxylation is 1. The van der Waals surface area contributed by atoms with Gasteiger partial charge in [-0.05, 0) is 30.2 Å². The standard InChI is InChI=1S/C17H16ClN3/c1-2-5-17-20-13(11-16(18)21-17)10-12-8-9-19-15-7-4-3-6-14(12)15/h3-4,6-9,11H,2,5,10H2,1H3. The van der Waals surface area contributed by atoms with Gasteiger partial charge in [-0.2, -0.15) is 0 Å². The van der Waals surface area contributed by atoms with Gasteiger partial charge in [0.15, 0.2) is 0 Å². The summed E-state index contributed by atoms with van der Waals surface area (Å²) in [4.78, 5) is 13.3. The first-order valence-corrected chi connectivity index (χ1v) is 7.49. The van der Waals surface area contributed by atoms with Crippen LogP contribution in [-0.4, -0.2) is 15.0 Å². The molecule has 3 nitrogen and oxygen atoms in total. The van der Waals surface area contributed by atoms with Crippen molar-refractivity contribution in [2.24, 2.45) is 0 Å². The van der Waals surface area contributed by atoms with E-state index in [1.807, 2.05) is 36.5 Å². The smallest absolute Gasteiger partial charge is 0.133 e. The van der Waals surface area contributed by atoms with Crippen LogP contribution in [0.4, 0.5) is 0 Å². The Morgan fingerprint density at radius 1 is 1.10 bits per heavy atom. The highest BCUT2D eigenvalue weighted by Gasteiger charge is 2.07. The van der Waals surface area contributed by atoms with E-state index in [1.165, 1.54) is 5.56 Å². The number of hydrogen-bond acceptors (Lipinski definition) is 3. The molecule has 0 spiro atoms. The number of rotatable bonds is 4. The number of benzene rings is 1. The van der Waals surface area contributed by atoms with E-state index in [1.54, 1.807) is 0 Å². The van der Waals surface area contributed by atoms with Gasteiger partial charge in [0, 0.05) is 30.1 Å². The SMILES string of the molecule is CCCc1nc(Cl)cc(Cc2ccnc3ccccc23)n1. The summed E-state index contributed by atoms with van der Waals surface area (Å²) >= 11 is 6.11. The fraction of sp³-hybridized carbons (Fsp3) is 0.235. The lowest BCUT2D eigenvalue weighted by atomic mass is 10.0. The number of hydrogen-bond donors (Lipinski definition) is 0. The summed E-state index contributed by atoms with van der Waals surface area (Å²) in [5, 5.41) is 1.67. The van der Waals surface area contributed by atoms with E-state index >= 15 is 0 Å². The van der Waals surface area contributed by atoms with Crippen molar-refractivity contribution in [3.8, 4) is 0 Å². The first-order chi connectivity index (χ1) is 10.3. The molecule has 0 N–H and O–H groups in total. The molecule has 0 saturated carbocycles. The van der Waals surface area contributed by atoms with Gasteiger partial charge in [0.25, 0.3) is 0 Å². The fourth-order valence-electron chi connectivity index (χ4n) is 2.45. The maximum Gasteiger partial charge on any atom is 0.133 e. The lowest BCUT2D eigenvalue weighted by Gasteiger charge is -2.07. The van der Waals surface area contributed by atoms with E-state index < -0.39 is 0 Å². The molecule has 2 heterocycles. The van der Waals surface area contributed by atoms with Crippen LogP contribution in [0.2, 0.25) is 5.15 Å². The van der Waals surface area contributed by atoms with Gasteiger partial charge < -0.3 is 0 Å². The average molecular weight is 298 g/mol. The monoisotopic (exact) mass is 297 g/mol. The Bertz CT molecular complexity index is 766. The van der Waals surface area contributed by atoms with E-state index in [9.17, 15) is 0 Å². The maximum atomic E-state index is 6.11. The van der Waals surface area contributed by atoms with Crippen LogP contribution in [0.5, 0.6) is 0 Å². The second-order valence-electron chi connectivity index (χ2n) is 5.01. The summed E-state index contributed by atoms with van der Waals surface area (Å²) in [6, 6.07) is 12.0. The first kappa shape index (κ1) is 14.0. The molecular weight excluding hydrogens is 282 g/mol. The number of pyridine rings is 1. The van der Waals surface area contributed by atoms with Crippen molar-refractivity contribution >= 4 is 22.5 Å². The third-order valence-corrected chi connectivity index (χ3v) is 3.57. The molecule has 0 bridgehead atoms. The van der Waals surface area contributed by atoms with E-state index in [0.717, 1.165) is 41.7 Å². The number of nitrogens with zero attached hydrogens (tertiary/aromatic N) is 3. The molecule has 2 aromatic heterocycles. The Balaban J connectivity index is 1.98. The normalized spacial score (nSPS) is 11.0. The third-order valence-electron chi connectivity index (χ3n) is 3.38. The third kappa shape index (κ3) is 3.19. The highest BCUT2D eigenvalue weighted by atomic mass is 35.5. The Morgan fingerprint density at radius 3 is 2.81 bits per heavy atom. The molecule has 21 heavy (non-hydrogen) atoms. The fourth-order valence-corrected chi connectivity index (χ4v) is 2.67. The lowest BCUT2D eigenvalue weighted by molar-refractivity contribution is 0.818. The Hall–Kier alpha value is -2.00. The maximum absolute atomic E-state index is 6.11. The topological polar surface area (TPSA) is 38.7 Å². The van der Waals surface area contributed by atoms with Crippen LogP contribution < -0.4 is 0 Å². The van der Waals surface area contributed by atoms with Crippen molar-refractivity contribution in [2.45, 2.75) is 26.2 Å². The number of para-hydroxylation sites is 1. The quantitative estimate of drug-likeness (QED) is 0.677. The second kappa shape index (κ2) is 6.19. The molecule has 1 aromatic carbocycles. The molecule has 0 amide bonds. The minimum Gasteiger partial charge on any atom is -0.256 e. The molecule has 0 aliphatic rings. The van der Waals surface area contributed by atoms with Crippen molar-refractivity contribution in [1.82, 2.24) is 15.0 Å². The first-order valence-electron chi connectivity index (χ1n) is 7.11. The van der Waals surface area contributed by atoms with E-state index in [0.29, 0.717) is 5.15 Å². The summed E-state index contributed by atoms with van der Waals surface area (Å²) < 4.78 is 0. The molecule has 106 valence electrons. The van der Waals surface area contributed by atoms with Gasteiger partial charge in [-0.15, -0.1) is 0 Å². The number of halogens is 1. The van der Waals surface area contributed by atoms with Gasteiger partial charge in [-0.25, -0.2) is 9.97 Å². The summed E-state index contributed by atoms with van der Waals surface area (Å²) in [6.07, 6.45) is 4.44. The molecule has 0 unspecified atom stereocenters. The minimum atomic E-state index is 0.516. The average Bonchev–Trinajstić information content (AvgIpc) is 2.47. The van der Waals surface area contributed by atoms with Crippen molar-refractivity contribution in [2.75, 3.05) is 0 Å². The van der Waals surface area contributed by atoms with Gasteiger partial charge in [0.1, 0.15) is 11.0 Å². The summed E-state index contributed by atoms with van der Waals surface area (Å²) in [5.74, 6) is 0.818. The summed E-state index contributed by atoms with van der Waals surface area (Å²) in [6.45, 7) is 2.11. The predicted octanol–water partition coefficient (Wildman–Crippen LogP) is 4.22. The van der Waals surface area contributed by atoms with Crippen LogP contribution in [0, 0.1) is 0 Å². The van der Waals surface area contributed by atoms with E-state index in [-0.39, 0.29) is 0 Å². The number of fused-ring (bicyclic) bond motifs is 1. The van der Waals surface area contributed by atoms with E-state index in [2.05, 4.69) is 27.9 Å². The zero-order chi connectivity index (χ0) is 14.7. The lowest BCUT2D eigenvalue weighted by Crippen LogP contribution is -2.01. The van der Waals surface area contributed by atoms with Crippen LogP contribution in [0.3, 0.4) is 0 Å². The van der Waals surface area contributed by atoms with Crippen molar-refractivity contribution in [3.63, 3.8) is 0 Å². The molecule has 3 rings (SSSR count). The van der Waals surface area contributed by atoms with E-state index in [4.69, 9.17) is 11.6 Å². The largest absolute Gasteiger partial charge is 0.256 e. The molecule has 0 atom stereocenters. The van der Waals surface area contributed by atoms with Gasteiger partial charge in [0.05, 0.1) is 5.52 Å². The minimum absolute atomic E-state index is 0.516. The molecule has 0 aliphatic heterocycles. The number of aromatic nitrogens is 3. The van der Waals surface area contributed by atoms with Crippen LogP contribution in [-0.2, 0) is 12.8 Å². The Kier molecular flexibility index (Phi) is 4.11.